The SMILES string of the molecule is C=C/C=C(\N=C)N(C)C.CC.CC.CN(C)c1ccccn1.COc1ccccn1. The van der Waals surface area contributed by atoms with E-state index in [0.29, 0.717) is 5.88 Å². The molecule has 2 rings (SSSR count). The molecule has 0 fully saturated rings. The number of hydrogen-bond donors (Lipinski definition) is 0. The summed E-state index contributed by atoms with van der Waals surface area (Å²) in [6.07, 6.45) is 6.96. The molecule has 0 aliphatic heterocycles. The summed E-state index contributed by atoms with van der Waals surface area (Å²) >= 11 is 0. The topological polar surface area (TPSA) is 53.9 Å². The molecule has 0 aromatic carbocycles. The van der Waals surface area contributed by atoms with E-state index in [1.165, 1.54) is 0 Å². The zero-order valence-electron chi connectivity index (χ0n) is 20.3. The number of pyridine rings is 2. The maximum atomic E-state index is 4.80. The molecule has 0 saturated heterocycles. The maximum absolute atomic E-state index is 4.80. The van der Waals surface area contributed by atoms with Crippen molar-refractivity contribution in [1.29, 1.82) is 0 Å². The first-order valence-corrected chi connectivity index (χ1v) is 9.96. The van der Waals surface area contributed by atoms with Crippen LogP contribution < -0.4 is 9.64 Å². The van der Waals surface area contributed by atoms with Crippen molar-refractivity contribution in [3.05, 3.63) is 73.3 Å². The Labute approximate surface area is 184 Å². The second kappa shape index (κ2) is 23.9. The third kappa shape index (κ3) is 18.2. The predicted molar refractivity (Wildman–Crippen MR) is 134 cm³/mol. The van der Waals surface area contributed by atoms with E-state index in [1.807, 2.05) is 96.0 Å². The number of nitrogens with zero attached hydrogens (tertiary/aromatic N) is 5. The van der Waals surface area contributed by atoms with Crippen LogP contribution >= 0.6 is 0 Å². The number of aliphatic imine (C=N–C) groups is 1. The summed E-state index contributed by atoms with van der Waals surface area (Å²) in [5.41, 5.74) is 0. The number of rotatable bonds is 5. The fraction of sp³-hybridized carbons (Fsp3) is 0.375. The standard InChI is InChI=1S/C7H10N2.C7H12N2.C6H7NO.2C2H6/c1-9(2)7-5-3-4-6-8-7;1-5-6-7(8-2)9(3)4;1-8-6-4-2-3-5-7-6;2*1-2/h3-6H,1-2H3;5-6H,1-2H2,3-4H3;2-5H,1H3;2*1-2H3/b;7-6+;;;. The molecule has 6 heteroatoms. The van der Waals surface area contributed by atoms with Gasteiger partial charge in [0, 0.05) is 46.7 Å². The number of aromatic nitrogens is 2. The highest BCUT2D eigenvalue weighted by Crippen LogP contribution is 2.02. The minimum absolute atomic E-state index is 0.660. The molecule has 30 heavy (non-hydrogen) atoms. The van der Waals surface area contributed by atoms with Crippen LogP contribution in [0.5, 0.6) is 5.88 Å². The molecule has 2 heterocycles. The lowest BCUT2D eigenvalue weighted by Gasteiger charge is -2.10. The highest BCUT2D eigenvalue weighted by atomic mass is 16.5. The van der Waals surface area contributed by atoms with Gasteiger partial charge in [0.1, 0.15) is 11.6 Å². The third-order valence-electron chi connectivity index (χ3n) is 2.84. The fourth-order valence-electron chi connectivity index (χ4n) is 1.53. The molecule has 0 N–H and O–H groups in total. The summed E-state index contributed by atoms with van der Waals surface area (Å²) in [5, 5.41) is 0. The van der Waals surface area contributed by atoms with Gasteiger partial charge in [0.2, 0.25) is 5.88 Å². The Bertz CT molecular complexity index is 641. The molecule has 0 spiro atoms. The van der Waals surface area contributed by atoms with Gasteiger partial charge in [-0.2, -0.15) is 0 Å². The van der Waals surface area contributed by atoms with Crippen molar-refractivity contribution in [1.82, 2.24) is 14.9 Å². The number of hydrogen-bond acceptors (Lipinski definition) is 6. The van der Waals surface area contributed by atoms with Crippen molar-refractivity contribution in [3.8, 4) is 5.88 Å². The zero-order valence-corrected chi connectivity index (χ0v) is 20.3. The van der Waals surface area contributed by atoms with Gasteiger partial charge in [0.15, 0.2) is 0 Å². The second-order valence-electron chi connectivity index (χ2n) is 5.27. The summed E-state index contributed by atoms with van der Waals surface area (Å²) in [6.45, 7) is 14.9. The number of methoxy groups -OCH3 is 1. The van der Waals surface area contributed by atoms with E-state index < -0.39 is 0 Å². The summed E-state index contributed by atoms with van der Waals surface area (Å²) in [4.78, 5) is 15.6. The van der Waals surface area contributed by atoms with Crippen LogP contribution in [0.2, 0.25) is 0 Å². The van der Waals surface area contributed by atoms with Gasteiger partial charge in [-0.05, 0) is 31.0 Å². The van der Waals surface area contributed by atoms with Gasteiger partial charge < -0.3 is 14.5 Å². The van der Waals surface area contributed by atoms with Crippen LogP contribution in [0.25, 0.3) is 0 Å². The third-order valence-corrected chi connectivity index (χ3v) is 2.84. The van der Waals surface area contributed by atoms with Crippen molar-refractivity contribution >= 4 is 12.5 Å². The van der Waals surface area contributed by atoms with Gasteiger partial charge in [-0.1, -0.05) is 52.5 Å². The van der Waals surface area contributed by atoms with Gasteiger partial charge in [-0.25, -0.2) is 15.0 Å². The van der Waals surface area contributed by atoms with Gasteiger partial charge in [0.25, 0.3) is 0 Å². The molecule has 0 unspecified atom stereocenters. The number of ether oxygens (including phenoxy) is 1. The van der Waals surface area contributed by atoms with Gasteiger partial charge in [-0.3, -0.25) is 0 Å². The van der Waals surface area contributed by atoms with Gasteiger partial charge >= 0.3 is 0 Å². The van der Waals surface area contributed by atoms with E-state index in [9.17, 15) is 0 Å². The van der Waals surface area contributed by atoms with Crippen LogP contribution in [-0.4, -0.2) is 56.9 Å². The predicted octanol–water partition coefficient (Wildman–Crippen LogP) is 5.57. The molecule has 0 bridgehead atoms. The van der Waals surface area contributed by atoms with Gasteiger partial charge in [-0.15, -0.1) is 0 Å². The van der Waals surface area contributed by atoms with E-state index in [4.69, 9.17) is 4.74 Å². The normalized spacial score (nSPS) is 8.63. The first-order valence-electron chi connectivity index (χ1n) is 9.96. The van der Waals surface area contributed by atoms with Crippen molar-refractivity contribution in [2.45, 2.75) is 27.7 Å². The molecule has 6 nitrogen and oxygen atoms in total. The van der Waals surface area contributed by atoms with Crippen LogP contribution in [0.4, 0.5) is 5.82 Å². The molecular weight excluding hydrogens is 374 g/mol. The monoisotopic (exact) mass is 415 g/mol. The minimum atomic E-state index is 0.660. The van der Waals surface area contributed by atoms with Crippen LogP contribution in [0.15, 0.2) is 78.3 Å². The molecule has 0 amide bonds. The average Bonchev–Trinajstić information content (AvgIpc) is 2.82. The Morgan fingerprint density at radius 2 is 1.47 bits per heavy atom. The van der Waals surface area contributed by atoms with Crippen molar-refractivity contribution in [2.75, 3.05) is 40.2 Å². The quantitative estimate of drug-likeness (QED) is 0.472. The van der Waals surface area contributed by atoms with Crippen LogP contribution in [0.1, 0.15) is 27.7 Å². The lowest BCUT2D eigenvalue weighted by atomic mass is 10.4. The Morgan fingerprint density at radius 1 is 0.933 bits per heavy atom. The molecule has 2 aromatic rings. The van der Waals surface area contributed by atoms with Gasteiger partial charge in [0.05, 0.1) is 7.11 Å². The van der Waals surface area contributed by atoms with E-state index in [-0.39, 0.29) is 0 Å². The second-order valence-corrected chi connectivity index (χ2v) is 5.27. The lowest BCUT2D eigenvalue weighted by Crippen LogP contribution is -2.09. The first-order chi connectivity index (χ1) is 14.5. The van der Waals surface area contributed by atoms with Crippen molar-refractivity contribution in [3.63, 3.8) is 0 Å². The lowest BCUT2D eigenvalue weighted by molar-refractivity contribution is 0.398. The van der Waals surface area contributed by atoms with Crippen LogP contribution in [0.3, 0.4) is 0 Å². The van der Waals surface area contributed by atoms with E-state index >= 15 is 0 Å². The van der Waals surface area contributed by atoms with E-state index in [0.717, 1.165) is 11.6 Å². The number of allylic oxidation sites excluding steroid dienone is 2. The zero-order chi connectivity index (χ0) is 23.8. The smallest absolute Gasteiger partial charge is 0.212 e. The summed E-state index contributed by atoms with van der Waals surface area (Å²) in [6, 6.07) is 11.4. The maximum Gasteiger partial charge on any atom is 0.212 e. The molecule has 168 valence electrons. The molecule has 0 radical (unpaired) electrons. The Morgan fingerprint density at radius 3 is 1.67 bits per heavy atom. The Hall–Kier alpha value is -3.15. The van der Waals surface area contributed by atoms with E-state index in [1.54, 1.807) is 37.7 Å². The van der Waals surface area contributed by atoms with Crippen LogP contribution in [0, 0.1) is 0 Å². The summed E-state index contributed by atoms with van der Waals surface area (Å²) < 4.78 is 4.80. The largest absolute Gasteiger partial charge is 0.481 e. The summed E-state index contributed by atoms with van der Waals surface area (Å²) in [7, 11) is 9.36. The highest BCUT2D eigenvalue weighted by Gasteiger charge is 1.90. The first kappa shape index (κ1) is 31.5. The average molecular weight is 416 g/mol. The highest BCUT2D eigenvalue weighted by molar-refractivity contribution is 5.34. The van der Waals surface area contributed by atoms with Crippen molar-refractivity contribution in [2.24, 2.45) is 4.99 Å². The van der Waals surface area contributed by atoms with E-state index in [2.05, 4.69) is 28.3 Å². The molecule has 0 atom stereocenters. The number of anilines is 1. The Kier molecular flexibility index (Phi) is 25.1. The molecule has 0 aliphatic carbocycles. The minimum Gasteiger partial charge on any atom is -0.481 e. The molecule has 2 aromatic heterocycles. The fourth-order valence-corrected chi connectivity index (χ4v) is 1.53. The molecular formula is C24H41N5O. The Balaban J connectivity index is -0.000000336. The molecule has 0 saturated carbocycles. The summed E-state index contributed by atoms with van der Waals surface area (Å²) in [5.74, 6) is 2.48. The molecule has 0 aliphatic rings. The van der Waals surface area contributed by atoms with Crippen LogP contribution in [-0.2, 0) is 0 Å². The van der Waals surface area contributed by atoms with Crippen molar-refractivity contribution < 1.29 is 4.74 Å².